The maximum atomic E-state index is 12.6. The van der Waals surface area contributed by atoms with Gasteiger partial charge in [0, 0.05) is 30.7 Å². The summed E-state index contributed by atoms with van der Waals surface area (Å²) in [6.45, 7) is 7.95. The van der Waals surface area contributed by atoms with Crippen molar-refractivity contribution in [2.45, 2.75) is 64.6 Å². The van der Waals surface area contributed by atoms with Gasteiger partial charge in [-0.25, -0.2) is 14.5 Å². The van der Waals surface area contributed by atoms with Crippen molar-refractivity contribution in [3.8, 4) is 0 Å². The van der Waals surface area contributed by atoms with Gasteiger partial charge >= 0.3 is 6.03 Å². The molecule has 0 spiro atoms. The zero-order valence-corrected chi connectivity index (χ0v) is 15.1. The van der Waals surface area contributed by atoms with Crippen LogP contribution in [0.15, 0.2) is 0 Å². The normalized spacial score (nSPS) is 25.1. The second-order valence-corrected chi connectivity index (χ2v) is 8.08. The van der Waals surface area contributed by atoms with Crippen molar-refractivity contribution in [1.29, 1.82) is 0 Å². The van der Waals surface area contributed by atoms with E-state index in [0.717, 1.165) is 55.5 Å². The summed E-state index contributed by atoms with van der Waals surface area (Å²) < 4.78 is 1.98. The lowest BCUT2D eigenvalue weighted by Crippen LogP contribution is -2.50. The molecule has 3 rings (SSSR count). The minimum absolute atomic E-state index is 0.0812. The molecule has 0 bridgehead atoms. The van der Waals surface area contributed by atoms with E-state index in [1.807, 2.05) is 21.3 Å². The van der Waals surface area contributed by atoms with Gasteiger partial charge in [0.25, 0.3) is 0 Å². The van der Waals surface area contributed by atoms with Gasteiger partial charge in [0.05, 0.1) is 12.6 Å². The van der Waals surface area contributed by atoms with Crippen molar-refractivity contribution in [1.82, 2.24) is 25.0 Å². The smallest absolute Gasteiger partial charge is 0.317 e. The fourth-order valence-corrected chi connectivity index (χ4v) is 4.18. The third-order valence-corrected chi connectivity index (χ3v) is 5.66. The highest BCUT2D eigenvalue weighted by Crippen LogP contribution is 2.19. The second-order valence-electron chi connectivity index (χ2n) is 6.85. The number of rotatable bonds is 2. The molecular formula is C16H27N5OS. The van der Waals surface area contributed by atoms with E-state index in [4.69, 9.17) is 0 Å². The van der Waals surface area contributed by atoms with Gasteiger partial charge in [-0.2, -0.15) is 16.9 Å². The van der Waals surface area contributed by atoms with Crippen molar-refractivity contribution < 1.29 is 4.79 Å². The average Bonchev–Trinajstić information content (AvgIpc) is 2.82. The Hall–Kier alpha value is -1.24. The van der Waals surface area contributed by atoms with Crippen molar-refractivity contribution in [2.75, 3.05) is 18.1 Å². The molecule has 1 N–H and O–H groups in total. The number of hydrogen-bond acceptors (Lipinski definition) is 4. The number of aromatic nitrogens is 3. The van der Waals surface area contributed by atoms with Gasteiger partial charge in [-0.15, -0.1) is 0 Å². The van der Waals surface area contributed by atoms with E-state index in [-0.39, 0.29) is 12.1 Å². The Bertz CT molecular complexity index is 559. The number of aryl methyl sites for hydroxylation is 1. The molecule has 0 unspecified atom stereocenters. The molecule has 2 atom stereocenters. The van der Waals surface area contributed by atoms with Crippen LogP contribution >= 0.6 is 11.8 Å². The molecule has 2 aliphatic heterocycles. The molecule has 0 aliphatic carbocycles. The van der Waals surface area contributed by atoms with Crippen LogP contribution in [0.4, 0.5) is 4.79 Å². The molecule has 1 fully saturated rings. The first-order valence-corrected chi connectivity index (χ1v) is 9.78. The summed E-state index contributed by atoms with van der Waals surface area (Å²) in [5.74, 6) is 4.49. The minimum Gasteiger partial charge on any atom is -0.333 e. The molecule has 0 saturated carbocycles. The number of amides is 2. The molecule has 1 aromatic heterocycles. The van der Waals surface area contributed by atoms with E-state index in [1.165, 1.54) is 0 Å². The first kappa shape index (κ1) is 16.6. The number of carbonyl (C=O) groups is 1. The van der Waals surface area contributed by atoms with Crippen LogP contribution in [0.2, 0.25) is 0 Å². The third kappa shape index (κ3) is 3.82. The lowest BCUT2D eigenvalue weighted by molar-refractivity contribution is 0.175. The number of thioether (sulfide) groups is 1. The highest BCUT2D eigenvalue weighted by atomic mass is 32.2. The summed E-state index contributed by atoms with van der Waals surface area (Å²) >= 11 is 1.94. The predicted molar refractivity (Wildman–Crippen MR) is 92.9 cm³/mol. The van der Waals surface area contributed by atoms with Crippen molar-refractivity contribution in [3.63, 3.8) is 0 Å². The number of urea groups is 1. The van der Waals surface area contributed by atoms with Crippen LogP contribution in [-0.4, -0.2) is 55.8 Å². The summed E-state index contributed by atoms with van der Waals surface area (Å²) in [5, 5.41) is 7.80. The molecule has 2 aliphatic rings. The molecule has 6 nitrogen and oxygen atoms in total. The molecule has 3 heterocycles. The van der Waals surface area contributed by atoms with Gasteiger partial charge in [0.2, 0.25) is 0 Å². The van der Waals surface area contributed by atoms with Crippen molar-refractivity contribution in [2.24, 2.45) is 0 Å². The monoisotopic (exact) mass is 337 g/mol. The number of fused-ring (bicyclic) bond motifs is 1. The molecule has 2 amide bonds. The third-order valence-electron chi connectivity index (χ3n) is 4.67. The number of carbonyl (C=O) groups excluding carboxylic acids is 1. The quantitative estimate of drug-likeness (QED) is 0.899. The number of nitrogens with zero attached hydrogens (tertiary/aromatic N) is 4. The molecule has 0 radical (unpaired) electrons. The molecular weight excluding hydrogens is 310 g/mol. The molecule has 7 heteroatoms. The van der Waals surface area contributed by atoms with Gasteiger partial charge in [-0.1, -0.05) is 13.8 Å². The summed E-state index contributed by atoms with van der Waals surface area (Å²) in [6, 6.07) is 0.556. The van der Waals surface area contributed by atoms with E-state index in [2.05, 4.69) is 36.2 Å². The molecule has 1 saturated heterocycles. The number of hydrogen-bond donors (Lipinski definition) is 1. The lowest BCUT2D eigenvalue weighted by atomic mass is 10.1. The summed E-state index contributed by atoms with van der Waals surface area (Å²) in [4.78, 5) is 19.2. The maximum absolute atomic E-state index is 12.6. The summed E-state index contributed by atoms with van der Waals surface area (Å²) in [6.07, 6.45) is 2.91. The van der Waals surface area contributed by atoms with E-state index in [9.17, 15) is 4.79 Å². The largest absolute Gasteiger partial charge is 0.333 e. The van der Waals surface area contributed by atoms with Gasteiger partial charge in [0.1, 0.15) is 5.82 Å². The van der Waals surface area contributed by atoms with Crippen molar-refractivity contribution in [3.05, 3.63) is 11.6 Å². The zero-order valence-electron chi connectivity index (χ0n) is 14.3. The van der Waals surface area contributed by atoms with Crippen molar-refractivity contribution >= 4 is 17.8 Å². The Kier molecular flexibility index (Phi) is 5.14. The van der Waals surface area contributed by atoms with Gasteiger partial charge in [-0.3, -0.25) is 0 Å². The molecule has 128 valence electrons. The lowest BCUT2D eigenvalue weighted by Gasteiger charge is -2.31. The van der Waals surface area contributed by atoms with Crippen LogP contribution < -0.4 is 5.32 Å². The van der Waals surface area contributed by atoms with E-state index < -0.39 is 0 Å². The van der Waals surface area contributed by atoms with Crippen LogP contribution in [0.3, 0.4) is 0 Å². The van der Waals surface area contributed by atoms with Gasteiger partial charge in [-0.05, 0) is 25.5 Å². The Labute approximate surface area is 142 Å². The second kappa shape index (κ2) is 7.11. The Morgan fingerprint density at radius 3 is 2.96 bits per heavy atom. The molecule has 23 heavy (non-hydrogen) atoms. The van der Waals surface area contributed by atoms with E-state index in [0.29, 0.717) is 12.0 Å². The van der Waals surface area contributed by atoms with Gasteiger partial charge < -0.3 is 10.2 Å². The summed E-state index contributed by atoms with van der Waals surface area (Å²) in [7, 11) is 0. The van der Waals surface area contributed by atoms with Crippen LogP contribution in [0.5, 0.6) is 0 Å². The first-order valence-electron chi connectivity index (χ1n) is 8.63. The van der Waals surface area contributed by atoms with E-state index in [1.54, 1.807) is 0 Å². The highest BCUT2D eigenvalue weighted by molar-refractivity contribution is 7.99. The zero-order chi connectivity index (χ0) is 16.4. The molecule has 0 aromatic carbocycles. The first-order chi connectivity index (χ1) is 11.0. The van der Waals surface area contributed by atoms with E-state index >= 15 is 0 Å². The maximum Gasteiger partial charge on any atom is 0.317 e. The molecule has 1 aromatic rings. The van der Waals surface area contributed by atoms with Crippen LogP contribution in [0, 0.1) is 0 Å². The Morgan fingerprint density at radius 1 is 1.35 bits per heavy atom. The Balaban J connectivity index is 1.61. The topological polar surface area (TPSA) is 63.1 Å². The van der Waals surface area contributed by atoms with Gasteiger partial charge in [0.15, 0.2) is 5.82 Å². The predicted octanol–water partition coefficient (Wildman–Crippen LogP) is 2.25. The SMILES string of the molecule is CC(C)c1nc2n(n1)C[C@@H](NC(=O)N1CCSCC[C@@H]1C)CC2. The Morgan fingerprint density at radius 2 is 2.17 bits per heavy atom. The minimum atomic E-state index is 0.0812. The van der Waals surface area contributed by atoms with Crippen LogP contribution in [0.25, 0.3) is 0 Å². The van der Waals surface area contributed by atoms with Crippen LogP contribution in [-0.2, 0) is 13.0 Å². The fourth-order valence-electron chi connectivity index (χ4n) is 3.14. The number of nitrogens with one attached hydrogen (secondary N) is 1. The van der Waals surface area contributed by atoms with Crippen LogP contribution in [0.1, 0.15) is 51.2 Å². The standard InChI is InChI=1S/C16H27N5OS/c1-11(2)15-18-14-5-4-13(10-21(14)19-15)17-16(22)20-7-9-23-8-6-12(20)3/h11-13H,4-10H2,1-3H3,(H,17,22)/t12-,13-/m0/s1. The summed E-state index contributed by atoms with van der Waals surface area (Å²) in [5.41, 5.74) is 0. The highest BCUT2D eigenvalue weighted by Gasteiger charge is 2.27. The average molecular weight is 337 g/mol. The fraction of sp³-hybridized carbons (Fsp3) is 0.812.